The van der Waals surface area contributed by atoms with Gasteiger partial charge in [0.1, 0.15) is 0 Å². The van der Waals surface area contributed by atoms with E-state index >= 15 is 0 Å². The molecule has 0 aliphatic heterocycles. The number of nitrogens with zero attached hydrogens (tertiary/aromatic N) is 1. The van der Waals surface area contributed by atoms with Gasteiger partial charge in [-0.1, -0.05) is 46.3 Å². The van der Waals surface area contributed by atoms with Gasteiger partial charge in [-0.15, -0.1) is 0 Å². The van der Waals surface area contributed by atoms with Gasteiger partial charge in [0.05, 0.1) is 12.5 Å². The standard InChI is InChI=1S/C18H17BrN2/c19-18-4-2-1-3-17(18)14-11-16(12-14)21-15-7-5-13(6-8-15)9-10-20/h1-8,14,16,21H,9,11-12H2. The minimum atomic E-state index is 0.480. The number of halogens is 1. The molecule has 2 aromatic carbocycles. The first-order chi connectivity index (χ1) is 10.3. The molecule has 1 aliphatic carbocycles. The predicted octanol–water partition coefficient (Wildman–Crippen LogP) is 4.87. The topological polar surface area (TPSA) is 35.8 Å². The molecule has 1 fully saturated rings. The largest absolute Gasteiger partial charge is 0.382 e. The highest BCUT2D eigenvalue weighted by Crippen LogP contribution is 2.41. The van der Waals surface area contributed by atoms with E-state index in [0.717, 1.165) is 11.3 Å². The molecule has 0 aromatic heterocycles. The summed E-state index contributed by atoms with van der Waals surface area (Å²) in [4.78, 5) is 0. The van der Waals surface area contributed by atoms with Crippen molar-refractivity contribution in [2.75, 3.05) is 5.32 Å². The van der Waals surface area contributed by atoms with Crippen molar-refractivity contribution in [2.45, 2.75) is 31.2 Å². The van der Waals surface area contributed by atoms with Crippen LogP contribution in [0.2, 0.25) is 0 Å². The van der Waals surface area contributed by atoms with Crippen molar-refractivity contribution < 1.29 is 0 Å². The van der Waals surface area contributed by atoms with Crippen LogP contribution >= 0.6 is 15.9 Å². The Labute approximate surface area is 133 Å². The minimum Gasteiger partial charge on any atom is -0.382 e. The van der Waals surface area contributed by atoms with Gasteiger partial charge in [-0.05, 0) is 48.1 Å². The highest BCUT2D eigenvalue weighted by atomic mass is 79.9. The normalized spacial score (nSPS) is 20.4. The molecule has 0 unspecified atom stereocenters. The summed E-state index contributed by atoms with van der Waals surface area (Å²) in [5.41, 5.74) is 3.63. The molecule has 1 saturated carbocycles. The monoisotopic (exact) mass is 340 g/mol. The smallest absolute Gasteiger partial charge is 0.0669 e. The molecule has 0 amide bonds. The average Bonchev–Trinajstić information content (AvgIpc) is 2.46. The molecule has 0 spiro atoms. The lowest BCUT2D eigenvalue weighted by Crippen LogP contribution is -2.34. The molecular weight excluding hydrogens is 324 g/mol. The summed E-state index contributed by atoms with van der Waals surface area (Å²) < 4.78 is 1.22. The molecule has 0 bridgehead atoms. The first-order valence-corrected chi connectivity index (χ1v) is 8.02. The highest BCUT2D eigenvalue weighted by Gasteiger charge is 2.31. The summed E-state index contributed by atoms with van der Waals surface area (Å²) in [6.07, 6.45) is 2.82. The van der Waals surface area contributed by atoms with E-state index in [-0.39, 0.29) is 0 Å². The number of anilines is 1. The fraction of sp³-hybridized carbons (Fsp3) is 0.278. The second-order valence-electron chi connectivity index (χ2n) is 5.56. The van der Waals surface area contributed by atoms with Gasteiger partial charge in [-0.25, -0.2) is 0 Å². The van der Waals surface area contributed by atoms with Crippen LogP contribution in [-0.4, -0.2) is 6.04 Å². The second-order valence-corrected chi connectivity index (χ2v) is 6.42. The van der Waals surface area contributed by atoms with Crippen LogP contribution in [-0.2, 0) is 6.42 Å². The third-order valence-corrected chi connectivity index (χ3v) is 4.81. The first-order valence-electron chi connectivity index (χ1n) is 7.23. The quantitative estimate of drug-likeness (QED) is 0.861. The Bertz CT molecular complexity index is 652. The average molecular weight is 341 g/mol. The molecule has 3 heteroatoms. The van der Waals surface area contributed by atoms with Crippen molar-refractivity contribution in [3.63, 3.8) is 0 Å². The van der Waals surface area contributed by atoms with Crippen molar-refractivity contribution >= 4 is 21.6 Å². The van der Waals surface area contributed by atoms with E-state index in [9.17, 15) is 0 Å². The van der Waals surface area contributed by atoms with E-state index in [0.29, 0.717) is 18.4 Å². The predicted molar refractivity (Wildman–Crippen MR) is 89.3 cm³/mol. The van der Waals surface area contributed by atoms with Gasteiger partial charge in [-0.2, -0.15) is 5.26 Å². The summed E-state index contributed by atoms with van der Waals surface area (Å²) in [5, 5.41) is 12.2. The Morgan fingerprint density at radius 1 is 1.10 bits per heavy atom. The Morgan fingerprint density at radius 3 is 2.48 bits per heavy atom. The van der Waals surface area contributed by atoms with Crippen LogP contribution in [0.15, 0.2) is 53.0 Å². The van der Waals surface area contributed by atoms with Gasteiger partial charge in [0.2, 0.25) is 0 Å². The van der Waals surface area contributed by atoms with Crippen LogP contribution in [0.4, 0.5) is 5.69 Å². The van der Waals surface area contributed by atoms with Crippen molar-refractivity contribution in [1.82, 2.24) is 0 Å². The van der Waals surface area contributed by atoms with E-state index in [1.807, 2.05) is 12.1 Å². The van der Waals surface area contributed by atoms with Crippen molar-refractivity contribution in [3.8, 4) is 6.07 Å². The van der Waals surface area contributed by atoms with Crippen LogP contribution in [0.5, 0.6) is 0 Å². The van der Waals surface area contributed by atoms with Gasteiger partial charge >= 0.3 is 0 Å². The molecule has 0 heterocycles. The van der Waals surface area contributed by atoms with Gasteiger partial charge in [0.15, 0.2) is 0 Å². The molecule has 21 heavy (non-hydrogen) atoms. The molecule has 1 N–H and O–H groups in total. The number of nitrogens with one attached hydrogen (secondary N) is 1. The molecule has 0 atom stereocenters. The van der Waals surface area contributed by atoms with Gasteiger partial charge < -0.3 is 5.32 Å². The van der Waals surface area contributed by atoms with Crippen molar-refractivity contribution in [1.29, 1.82) is 5.26 Å². The lowest BCUT2D eigenvalue weighted by Gasteiger charge is -2.37. The number of nitriles is 1. The molecule has 0 radical (unpaired) electrons. The van der Waals surface area contributed by atoms with Crippen LogP contribution in [0.25, 0.3) is 0 Å². The van der Waals surface area contributed by atoms with Crippen LogP contribution < -0.4 is 5.32 Å². The zero-order chi connectivity index (χ0) is 14.7. The molecule has 0 saturated heterocycles. The zero-order valence-corrected chi connectivity index (χ0v) is 13.3. The van der Waals surface area contributed by atoms with Crippen LogP contribution in [0.1, 0.15) is 29.9 Å². The van der Waals surface area contributed by atoms with Crippen molar-refractivity contribution in [3.05, 3.63) is 64.1 Å². The summed E-state index contributed by atoms with van der Waals surface area (Å²) in [6, 6.07) is 19.4. The van der Waals surface area contributed by atoms with Crippen LogP contribution in [0.3, 0.4) is 0 Å². The zero-order valence-electron chi connectivity index (χ0n) is 11.7. The fourth-order valence-corrected chi connectivity index (χ4v) is 3.45. The first kappa shape index (κ1) is 14.2. The lowest BCUT2D eigenvalue weighted by molar-refractivity contribution is 0.373. The van der Waals surface area contributed by atoms with E-state index in [1.165, 1.54) is 22.9 Å². The molecule has 3 rings (SSSR count). The third kappa shape index (κ3) is 3.28. The minimum absolute atomic E-state index is 0.480. The van der Waals surface area contributed by atoms with E-state index in [1.54, 1.807) is 0 Å². The van der Waals surface area contributed by atoms with E-state index in [4.69, 9.17) is 5.26 Å². The maximum Gasteiger partial charge on any atom is 0.0669 e. The summed E-state index contributed by atoms with van der Waals surface area (Å²) >= 11 is 3.63. The van der Waals surface area contributed by atoms with Crippen LogP contribution in [0, 0.1) is 11.3 Å². The van der Waals surface area contributed by atoms with Crippen molar-refractivity contribution in [2.24, 2.45) is 0 Å². The third-order valence-electron chi connectivity index (χ3n) is 4.09. The molecule has 1 aliphatic rings. The fourth-order valence-electron chi connectivity index (χ4n) is 2.84. The van der Waals surface area contributed by atoms with E-state index in [2.05, 4.69) is 63.7 Å². The van der Waals surface area contributed by atoms with Gasteiger partial charge in [-0.3, -0.25) is 0 Å². The molecule has 2 nitrogen and oxygen atoms in total. The van der Waals surface area contributed by atoms with Gasteiger partial charge in [0, 0.05) is 16.2 Å². The summed E-state index contributed by atoms with van der Waals surface area (Å²) in [7, 11) is 0. The maximum atomic E-state index is 8.67. The molecule has 106 valence electrons. The van der Waals surface area contributed by atoms with E-state index < -0.39 is 0 Å². The SMILES string of the molecule is N#CCc1ccc(NC2CC(c3ccccc3Br)C2)cc1. The lowest BCUT2D eigenvalue weighted by atomic mass is 9.76. The maximum absolute atomic E-state index is 8.67. The molecule has 2 aromatic rings. The summed E-state index contributed by atoms with van der Waals surface area (Å²) in [5.74, 6) is 0.649. The Balaban J connectivity index is 1.55. The highest BCUT2D eigenvalue weighted by molar-refractivity contribution is 9.10. The number of benzene rings is 2. The Kier molecular flexibility index (Phi) is 4.26. The number of rotatable bonds is 4. The number of hydrogen-bond donors (Lipinski definition) is 1. The second kappa shape index (κ2) is 6.32. The Morgan fingerprint density at radius 2 is 1.81 bits per heavy atom. The summed E-state index contributed by atoms with van der Waals surface area (Å²) in [6.45, 7) is 0. The van der Waals surface area contributed by atoms with Gasteiger partial charge in [0.25, 0.3) is 0 Å². The Hall–Kier alpha value is -1.79. The number of hydrogen-bond acceptors (Lipinski definition) is 2. The molecular formula is C18H17BrN2.